The molecule has 134 valence electrons. The third-order valence-electron chi connectivity index (χ3n) is 5.07. The number of aromatic nitrogens is 1. The second kappa shape index (κ2) is 7.05. The molecule has 2 aromatic heterocycles. The van der Waals surface area contributed by atoms with Gasteiger partial charge in [0.2, 0.25) is 0 Å². The Bertz CT molecular complexity index is 769. The van der Waals surface area contributed by atoms with E-state index >= 15 is 0 Å². The molecule has 2 aromatic rings. The Kier molecular flexibility index (Phi) is 4.80. The number of urea groups is 1. The topological polar surface area (TPSA) is 71.2 Å². The van der Waals surface area contributed by atoms with Gasteiger partial charge in [-0.1, -0.05) is 0 Å². The zero-order chi connectivity index (χ0) is 17.4. The lowest BCUT2D eigenvalue weighted by molar-refractivity contribution is 0.184. The Morgan fingerprint density at radius 1 is 1.44 bits per heavy atom. The van der Waals surface area contributed by atoms with Crippen LogP contribution in [-0.4, -0.2) is 34.5 Å². The first-order valence-electron chi connectivity index (χ1n) is 8.93. The number of nitrogens with zero attached hydrogens (tertiary/aromatic N) is 2. The molecule has 1 saturated carbocycles. The smallest absolute Gasteiger partial charge is 0.317 e. The molecular weight excluding hydrogens is 352 g/mol. The number of carbonyl (C=O) groups is 1. The molecule has 2 aliphatic rings. The Balaban J connectivity index is 1.42. The molecule has 0 spiro atoms. The first-order chi connectivity index (χ1) is 12.1. The maximum Gasteiger partial charge on any atom is 0.317 e. The van der Waals surface area contributed by atoms with Gasteiger partial charge in [0.25, 0.3) is 0 Å². The minimum atomic E-state index is 0.0574. The average Bonchev–Trinajstić information content (AvgIpc) is 3.19. The third kappa shape index (κ3) is 3.73. The molecule has 2 unspecified atom stereocenters. The van der Waals surface area contributed by atoms with E-state index in [2.05, 4.69) is 21.7 Å². The Labute approximate surface area is 156 Å². The number of fused-ring (bicyclic) bond motifs is 1. The van der Waals surface area contributed by atoms with E-state index < -0.39 is 0 Å². The molecule has 1 aliphatic carbocycles. The van der Waals surface area contributed by atoms with Crippen LogP contribution in [0.3, 0.4) is 0 Å². The number of thiazole rings is 1. The summed E-state index contributed by atoms with van der Waals surface area (Å²) in [5.41, 5.74) is 8.37. The second-order valence-corrected chi connectivity index (χ2v) is 9.25. The van der Waals surface area contributed by atoms with Gasteiger partial charge in [-0.25, -0.2) is 9.78 Å². The number of hydrogen-bond acceptors (Lipinski definition) is 5. The highest BCUT2D eigenvalue weighted by molar-refractivity contribution is 7.16. The molecule has 3 heterocycles. The Morgan fingerprint density at radius 3 is 3.08 bits per heavy atom. The molecule has 0 bridgehead atoms. The van der Waals surface area contributed by atoms with Crippen LogP contribution in [0.4, 0.5) is 4.79 Å². The number of carbonyl (C=O) groups excluding carboxylic acids is 1. The lowest BCUT2D eigenvalue weighted by Crippen LogP contribution is -2.49. The minimum Gasteiger partial charge on any atom is -0.335 e. The second-order valence-electron chi connectivity index (χ2n) is 7.06. The highest BCUT2D eigenvalue weighted by atomic mass is 32.1. The molecule has 3 N–H and O–H groups in total. The van der Waals surface area contributed by atoms with Gasteiger partial charge in [-0.2, -0.15) is 0 Å². The van der Waals surface area contributed by atoms with E-state index in [0.29, 0.717) is 6.54 Å². The molecule has 0 radical (unpaired) electrons. The summed E-state index contributed by atoms with van der Waals surface area (Å²) in [5, 5.41) is 6.40. The molecule has 2 atom stereocenters. The van der Waals surface area contributed by atoms with Gasteiger partial charge in [-0.05, 0) is 50.7 Å². The SMILES string of the molecule is Cc1nc(-c2cc3c(s2)CCN(C(=O)NC2CCCC(N)C2)C3)cs1. The summed E-state index contributed by atoms with van der Waals surface area (Å²) in [6.45, 7) is 3.51. The molecule has 5 nitrogen and oxygen atoms in total. The van der Waals surface area contributed by atoms with Gasteiger partial charge in [0.15, 0.2) is 0 Å². The van der Waals surface area contributed by atoms with Crippen molar-refractivity contribution in [2.24, 2.45) is 5.73 Å². The molecule has 1 fully saturated rings. The first kappa shape index (κ1) is 17.0. The van der Waals surface area contributed by atoms with Gasteiger partial charge in [-0.15, -0.1) is 22.7 Å². The number of amides is 2. The Hall–Kier alpha value is -1.44. The highest BCUT2D eigenvalue weighted by Crippen LogP contribution is 2.35. The summed E-state index contributed by atoms with van der Waals surface area (Å²) in [6, 6.07) is 2.73. The number of hydrogen-bond donors (Lipinski definition) is 2. The van der Waals surface area contributed by atoms with Crippen LogP contribution in [-0.2, 0) is 13.0 Å². The van der Waals surface area contributed by atoms with Crippen molar-refractivity contribution in [1.82, 2.24) is 15.2 Å². The summed E-state index contributed by atoms with van der Waals surface area (Å²) in [6.07, 6.45) is 5.06. The number of aryl methyl sites for hydroxylation is 1. The summed E-state index contributed by atoms with van der Waals surface area (Å²) in [7, 11) is 0. The van der Waals surface area contributed by atoms with Crippen LogP contribution in [0.15, 0.2) is 11.4 Å². The van der Waals surface area contributed by atoms with E-state index in [1.807, 2.05) is 23.2 Å². The van der Waals surface area contributed by atoms with Crippen molar-refractivity contribution in [3.05, 3.63) is 26.9 Å². The maximum atomic E-state index is 12.6. The highest BCUT2D eigenvalue weighted by Gasteiger charge is 2.26. The largest absolute Gasteiger partial charge is 0.335 e. The van der Waals surface area contributed by atoms with Gasteiger partial charge < -0.3 is 16.0 Å². The quantitative estimate of drug-likeness (QED) is 0.842. The van der Waals surface area contributed by atoms with Crippen molar-refractivity contribution in [3.63, 3.8) is 0 Å². The molecule has 4 rings (SSSR count). The molecule has 0 saturated heterocycles. The third-order valence-corrected chi connectivity index (χ3v) is 7.10. The zero-order valence-corrected chi connectivity index (χ0v) is 16.1. The van der Waals surface area contributed by atoms with Crippen LogP contribution in [0.2, 0.25) is 0 Å². The van der Waals surface area contributed by atoms with E-state index in [1.165, 1.54) is 15.3 Å². The first-order valence-corrected chi connectivity index (χ1v) is 10.6. The molecule has 25 heavy (non-hydrogen) atoms. The van der Waals surface area contributed by atoms with Crippen LogP contribution < -0.4 is 11.1 Å². The van der Waals surface area contributed by atoms with Crippen molar-refractivity contribution in [2.75, 3.05) is 6.54 Å². The number of nitrogens with one attached hydrogen (secondary N) is 1. The zero-order valence-electron chi connectivity index (χ0n) is 14.5. The van der Waals surface area contributed by atoms with Crippen LogP contribution in [0.1, 0.15) is 41.1 Å². The Morgan fingerprint density at radius 2 is 2.32 bits per heavy atom. The summed E-state index contributed by atoms with van der Waals surface area (Å²) in [5.74, 6) is 0. The maximum absolute atomic E-state index is 12.6. The molecule has 7 heteroatoms. The van der Waals surface area contributed by atoms with Crippen LogP contribution >= 0.6 is 22.7 Å². The van der Waals surface area contributed by atoms with E-state index in [9.17, 15) is 4.79 Å². The van der Waals surface area contributed by atoms with Gasteiger partial charge >= 0.3 is 6.03 Å². The van der Waals surface area contributed by atoms with Crippen LogP contribution in [0.5, 0.6) is 0 Å². The van der Waals surface area contributed by atoms with Gasteiger partial charge in [-0.3, -0.25) is 0 Å². The number of rotatable bonds is 2. The van der Waals surface area contributed by atoms with Crippen LogP contribution in [0, 0.1) is 6.92 Å². The minimum absolute atomic E-state index is 0.0574. The average molecular weight is 377 g/mol. The molecule has 1 aliphatic heterocycles. The normalized spacial score (nSPS) is 23.4. The van der Waals surface area contributed by atoms with E-state index in [1.54, 1.807) is 11.3 Å². The number of thiophene rings is 1. The van der Waals surface area contributed by atoms with E-state index in [-0.39, 0.29) is 18.1 Å². The van der Waals surface area contributed by atoms with Gasteiger partial charge in [0, 0.05) is 35.4 Å². The molecule has 0 aromatic carbocycles. The van der Waals surface area contributed by atoms with Gasteiger partial charge in [0.1, 0.15) is 0 Å². The van der Waals surface area contributed by atoms with Crippen molar-refractivity contribution >= 4 is 28.7 Å². The fourth-order valence-electron chi connectivity index (χ4n) is 3.73. The van der Waals surface area contributed by atoms with Crippen molar-refractivity contribution in [1.29, 1.82) is 0 Å². The molecule has 2 amide bonds. The summed E-state index contributed by atoms with van der Waals surface area (Å²) < 4.78 is 0. The van der Waals surface area contributed by atoms with Crippen molar-refractivity contribution < 1.29 is 4.79 Å². The number of nitrogens with two attached hydrogens (primary N) is 1. The fourth-order valence-corrected chi connectivity index (χ4v) is 5.55. The van der Waals surface area contributed by atoms with E-state index in [4.69, 9.17) is 5.73 Å². The van der Waals surface area contributed by atoms with Crippen LogP contribution in [0.25, 0.3) is 10.6 Å². The summed E-state index contributed by atoms with van der Waals surface area (Å²) in [4.78, 5) is 21.8. The van der Waals surface area contributed by atoms with Gasteiger partial charge in [0.05, 0.1) is 15.6 Å². The lowest BCUT2D eigenvalue weighted by atomic mass is 9.92. The fraction of sp³-hybridized carbons (Fsp3) is 0.556. The monoisotopic (exact) mass is 376 g/mol. The van der Waals surface area contributed by atoms with Crippen molar-refractivity contribution in [2.45, 2.75) is 57.7 Å². The lowest BCUT2D eigenvalue weighted by Gasteiger charge is -2.32. The molecular formula is C18H24N4OS2. The summed E-state index contributed by atoms with van der Waals surface area (Å²) >= 11 is 3.50. The van der Waals surface area contributed by atoms with Crippen molar-refractivity contribution in [3.8, 4) is 10.6 Å². The van der Waals surface area contributed by atoms with E-state index in [0.717, 1.165) is 49.4 Å². The standard InChI is InChI=1S/C18H24N4OS2/c1-11-20-15(10-24-11)17-7-12-9-22(6-5-16(12)25-17)18(23)21-14-4-2-3-13(19)8-14/h7,10,13-14H,2-6,8-9,19H2,1H3,(H,21,23). The predicted octanol–water partition coefficient (Wildman–Crippen LogP) is 3.52. The predicted molar refractivity (Wildman–Crippen MR) is 103 cm³/mol.